The van der Waals surface area contributed by atoms with E-state index in [0.29, 0.717) is 37.7 Å². The maximum Gasteiger partial charge on any atom is 0.243 e. The molecule has 1 aromatic heterocycles. The van der Waals surface area contributed by atoms with E-state index >= 15 is 0 Å². The Morgan fingerprint density at radius 1 is 1.00 bits per heavy atom. The number of piperazine rings is 1. The van der Waals surface area contributed by atoms with Gasteiger partial charge in [-0.15, -0.1) is 11.3 Å². The van der Waals surface area contributed by atoms with Gasteiger partial charge >= 0.3 is 0 Å². The van der Waals surface area contributed by atoms with Gasteiger partial charge in [0.05, 0.1) is 35.4 Å². The van der Waals surface area contributed by atoms with E-state index in [1.165, 1.54) is 29.3 Å². The molecule has 0 amide bonds. The lowest BCUT2D eigenvalue weighted by Gasteiger charge is -2.36. The fraction of sp³-hybridized carbons (Fsp3) is 0.381. The van der Waals surface area contributed by atoms with Crippen molar-refractivity contribution in [1.29, 1.82) is 0 Å². The lowest BCUT2D eigenvalue weighted by atomic mass is 10.2. The number of hydrogen-bond donors (Lipinski definition) is 0. The SMILES string of the molecule is COc1ccc(S(=O)(=O)N2CCN([C@H](C)c3nc4ccccc4s3)CC2)cc1OC. The topological polar surface area (TPSA) is 72.0 Å². The minimum absolute atomic E-state index is 0.147. The quantitative estimate of drug-likeness (QED) is 0.577. The van der Waals surface area contributed by atoms with Crippen LogP contribution in [0, 0.1) is 0 Å². The molecule has 9 heteroatoms. The zero-order chi connectivity index (χ0) is 21.3. The molecule has 3 aromatic rings. The Morgan fingerprint density at radius 3 is 2.37 bits per heavy atom. The van der Waals surface area contributed by atoms with E-state index in [2.05, 4.69) is 17.9 Å². The number of sulfonamides is 1. The van der Waals surface area contributed by atoms with Crippen molar-refractivity contribution in [2.24, 2.45) is 0 Å². The molecule has 1 atom stereocenters. The number of methoxy groups -OCH3 is 2. The first-order valence-electron chi connectivity index (χ1n) is 9.75. The number of nitrogens with zero attached hydrogens (tertiary/aromatic N) is 3. The van der Waals surface area contributed by atoms with E-state index in [1.807, 2.05) is 18.2 Å². The van der Waals surface area contributed by atoms with Crippen molar-refractivity contribution in [1.82, 2.24) is 14.2 Å². The van der Waals surface area contributed by atoms with E-state index in [4.69, 9.17) is 14.5 Å². The number of ether oxygens (including phenoxy) is 2. The standard InChI is InChI=1S/C21H25N3O4S2/c1-15(21-22-17-6-4-5-7-20(17)29-21)23-10-12-24(13-11-23)30(25,26)16-8-9-18(27-2)19(14-16)28-3/h4-9,14-15H,10-13H2,1-3H3/t15-/m1/s1. The Kier molecular flexibility index (Phi) is 5.97. The molecule has 1 fully saturated rings. The minimum atomic E-state index is -3.60. The normalized spacial score (nSPS) is 17.2. The van der Waals surface area contributed by atoms with Gasteiger partial charge in [0.2, 0.25) is 10.0 Å². The number of hydrogen-bond acceptors (Lipinski definition) is 7. The average molecular weight is 448 g/mol. The smallest absolute Gasteiger partial charge is 0.243 e. The van der Waals surface area contributed by atoms with Gasteiger partial charge < -0.3 is 9.47 Å². The van der Waals surface area contributed by atoms with Crippen LogP contribution in [0.15, 0.2) is 47.4 Å². The van der Waals surface area contributed by atoms with Crippen molar-refractivity contribution in [3.05, 3.63) is 47.5 Å². The molecule has 4 rings (SSSR count). The van der Waals surface area contributed by atoms with Crippen molar-refractivity contribution < 1.29 is 17.9 Å². The van der Waals surface area contributed by atoms with Gasteiger partial charge in [0.1, 0.15) is 5.01 Å². The molecular weight excluding hydrogens is 422 g/mol. The van der Waals surface area contributed by atoms with Crippen LogP contribution in [0.5, 0.6) is 11.5 Å². The van der Waals surface area contributed by atoms with Gasteiger partial charge in [-0.05, 0) is 31.2 Å². The molecule has 1 aliphatic rings. The van der Waals surface area contributed by atoms with Crippen molar-refractivity contribution in [2.75, 3.05) is 40.4 Å². The summed E-state index contributed by atoms with van der Waals surface area (Å²) >= 11 is 1.70. The maximum atomic E-state index is 13.1. The highest BCUT2D eigenvalue weighted by molar-refractivity contribution is 7.89. The second-order valence-corrected chi connectivity index (χ2v) is 10.2. The number of para-hydroxylation sites is 1. The number of fused-ring (bicyclic) bond motifs is 1. The van der Waals surface area contributed by atoms with Crippen molar-refractivity contribution in [2.45, 2.75) is 17.9 Å². The largest absolute Gasteiger partial charge is 0.493 e. The number of aromatic nitrogens is 1. The molecule has 0 N–H and O–H groups in total. The highest BCUT2D eigenvalue weighted by Gasteiger charge is 2.31. The van der Waals surface area contributed by atoms with Gasteiger partial charge in [0.15, 0.2) is 11.5 Å². The molecule has 0 radical (unpaired) electrons. The Balaban J connectivity index is 1.47. The van der Waals surface area contributed by atoms with Gasteiger partial charge in [-0.3, -0.25) is 4.90 Å². The fourth-order valence-corrected chi connectivity index (χ4v) is 6.17. The average Bonchev–Trinajstić information content (AvgIpc) is 3.22. The van der Waals surface area contributed by atoms with Crippen LogP contribution in [0.2, 0.25) is 0 Å². The lowest BCUT2D eigenvalue weighted by Crippen LogP contribution is -2.49. The zero-order valence-corrected chi connectivity index (χ0v) is 18.9. The fourth-order valence-electron chi connectivity index (χ4n) is 3.68. The molecule has 2 heterocycles. The number of benzene rings is 2. The van der Waals surface area contributed by atoms with Crippen LogP contribution < -0.4 is 9.47 Å². The summed E-state index contributed by atoms with van der Waals surface area (Å²) in [5, 5.41) is 1.06. The summed E-state index contributed by atoms with van der Waals surface area (Å²) in [7, 11) is -0.574. The summed E-state index contributed by atoms with van der Waals surface area (Å²) < 4.78 is 39.4. The molecule has 1 aliphatic heterocycles. The van der Waals surface area contributed by atoms with Crippen molar-refractivity contribution in [3.8, 4) is 11.5 Å². The van der Waals surface area contributed by atoms with E-state index < -0.39 is 10.0 Å². The first kappa shape index (κ1) is 21.0. The molecule has 1 saturated heterocycles. The third kappa shape index (κ3) is 3.90. The van der Waals surface area contributed by atoms with Gasteiger partial charge in [0.25, 0.3) is 0 Å². The van der Waals surface area contributed by atoms with Gasteiger partial charge in [0, 0.05) is 32.2 Å². The number of thiazole rings is 1. The van der Waals surface area contributed by atoms with Crippen LogP contribution in [-0.2, 0) is 10.0 Å². The summed E-state index contributed by atoms with van der Waals surface area (Å²) in [6.07, 6.45) is 0. The van der Waals surface area contributed by atoms with Crippen LogP contribution in [0.3, 0.4) is 0 Å². The van der Waals surface area contributed by atoms with E-state index in [0.717, 1.165) is 10.5 Å². The van der Waals surface area contributed by atoms with Gasteiger partial charge in [-0.1, -0.05) is 12.1 Å². The first-order valence-corrected chi connectivity index (χ1v) is 12.0. The molecule has 0 spiro atoms. The first-order chi connectivity index (χ1) is 14.4. The van der Waals surface area contributed by atoms with Gasteiger partial charge in [-0.2, -0.15) is 4.31 Å². The van der Waals surface area contributed by atoms with Crippen LogP contribution in [0.4, 0.5) is 0 Å². The summed E-state index contributed by atoms with van der Waals surface area (Å²) in [6, 6.07) is 13.0. The summed E-state index contributed by atoms with van der Waals surface area (Å²) in [6.45, 7) is 4.32. The Hall–Kier alpha value is -2.20. The van der Waals surface area contributed by atoms with Crippen LogP contribution in [-0.4, -0.2) is 63.0 Å². The molecule has 0 aliphatic carbocycles. The zero-order valence-electron chi connectivity index (χ0n) is 17.2. The molecule has 0 unspecified atom stereocenters. The number of rotatable bonds is 6. The maximum absolute atomic E-state index is 13.1. The second-order valence-electron chi connectivity index (χ2n) is 7.15. The monoisotopic (exact) mass is 447 g/mol. The molecular formula is C21H25N3O4S2. The lowest BCUT2D eigenvalue weighted by molar-refractivity contribution is 0.146. The highest BCUT2D eigenvalue weighted by Crippen LogP contribution is 2.33. The highest BCUT2D eigenvalue weighted by atomic mass is 32.2. The molecule has 160 valence electrons. The summed E-state index contributed by atoms with van der Waals surface area (Å²) in [5.41, 5.74) is 1.01. The second kappa shape index (κ2) is 8.50. The van der Waals surface area contributed by atoms with E-state index in [1.54, 1.807) is 23.5 Å². The molecule has 0 saturated carbocycles. The third-order valence-electron chi connectivity index (χ3n) is 5.48. The molecule has 30 heavy (non-hydrogen) atoms. The summed E-state index contributed by atoms with van der Waals surface area (Å²) in [4.78, 5) is 7.26. The van der Waals surface area contributed by atoms with Crippen LogP contribution in [0.25, 0.3) is 10.2 Å². The Morgan fingerprint density at radius 2 is 1.70 bits per heavy atom. The van der Waals surface area contributed by atoms with Gasteiger partial charge in [-0.25, -0.2) is 13.4 Å². The van der Waals surface area contributed by atoms with Crippen LogP contribution >= 0.6 is 11.3 Å². The van der Waals surface area contributed by atoms with Crippen LogP contribution in [0.1, 0.15) is 18.0 Å². The third-order valence-corrected chi connectivity index (χ3v) is 8.58. The summed E-state index contributed by atoms with van der Waals surface area (Å²) in [5.74, 6) is 0.910. The molecule has 7 nitrogen and oxygen atoms in total. The Bertz CT molecular complexity index is 1110. The molecule has 0 bridgehead atoms. The predicted molar refractivity (Wildman–Crippen MR) is 118 cm³/mol. The van der Waals surface area contributed by atoms with E-state index in [-0.39, 0.29) is 10.9 Å². The Labute approximate surface area is 180 Å². The minimum Gasteiger partial charge on any atom is -0.493 e. The van der Waals surface area contributed by atoms with Crippen molar-refractivity contribution in [3.63, 3.8) is 0 Å². The predicted octanol–water partition coefficient (Wildman–Crippen LogP) is 3.38. The van der Waals surface area contributed by atoms with Crippen molar-refractivity contribution >= 4 is 31.6 Å². The molecule has 2 aromatic carbocycles. The van der Waals surface area contributed by atoms with E-state index in [9.17, 15) is 8.42 Å².